The van der Waals surface area contributed by atoms with Gasteiger partial charge < -0.3 is 20.2 Å². The van der Waals surface area contributed by atoms with Crippen LogP contribution in [0.15, 0.2) is 72.4 Å². The first-order valence-electron chi connectivity index (χ1n) is 10.8. The van der Waals surface area contributed by atoms with Crippen molar-refractivity contribution in [3.8, 4) is 17.2 Å². The molecule has 0 bridgehead atoms. The summed E-state index contributed by atoms with van der Waals surface area (Å²) in [5.74, 6) is 0.230. The predicted molar refractivity (Wildman–Crippen MR) is 147 cm³/mol. The first-order chi connectivity index (χ1) is 18.0. The number of aromatic amines is 1. The molecule has 0 unspecified atom stereocenters. The minimum atomic E-state index is -0.388. The van der Waals surface area contributed by atoms with Crippen molar-refractivity contribution in [2.45, 2.75) is 0 Å². The lowest BCUT2D eigenvalue weighted by Crippen LogP contribution is -2.08. The zero-order valence-electron chi connectivity index (χ0n) is 19.6. The fourth-order valence-corrected chi connectivity index (χ4v) is 4.13. The Morgan fingerprint density at radius 2 is 2.19 bits per heavy atom. The van der Waals surface area contributed by atoms with Crippen LogP contribution in [-0.4, -0.2) is 39.7 Å². The molecule has 4 N–H and O–H groups in total. The number of aliphatic imine (C=N–C) groups is 1. The van der Waals surface area contributed by atoms with E-state index in [2.05, 4.69) is 31.3 Å². The van der Waals surface area contributed by atoms with E-state index in [0.29, 0.717) is 33.0 Å². The van der Waals surface area contributed by atoms with Crippen molar-refractivity contribution in [1.82, 2.24) is 14.8 Å². The lowest BCUT2D eigenvalue weighted by Gasteiger charge is -2.09. The number of ether oxygens (including phenoxy) is 1. The van der Waals surface area contributed by atoms with Gasteiger partial charge in [-0.1, -0.05) is 42.3 Å². The first kappa shape index (κ1) is 25.9. The molecule has 0 fully saturated rings. The van der Waals surface area contributed by atoms with Gasteiger partial charge in [-0.3, -0.25) is 14.7 Å². The number of aromatic nitrogens is 3. The van der Waals surface area contributed by atoms with Crippen molar-refractivity contribution < 1.29 is 19.0 Å². The minimum absolute atomic E-state index is 0.00517. The third-order valence-corrected chi connectivity index (χ3v) is 5.93. The molecule has 0 aliphatic rings. The molecular weight excluding hydrogens is 519 g/mol. The van der Waals surface area contributed by atoms with Gasteiger partial charge in [0, 0.05) is 34.0 Å². The summed E-state index contributed by atoms with van der Waals surface area (Å²) >= 11 is 7.73. The molecule has 190 valence electrons. The van der Waals surface area contributed by atoms with Gasteiger partial charge in [-0.2, -0.15) is 5.10 Å². The molecule has 0 radical (unpaired) electrons. The number of allylic oxidation sites excluding steroid dienone is 3. The molecule has 0 saturated heterocycles. The smallest absolute Gasteiger partial charge is 0.214 e. The van der Waals surface area contributed by atoms with Crippen LogP contribution in [0.3, 0.4) is 0 Å². The van der Waals surface area contributed by atoms with Crippen LogP contribution < -0.4 is 20.1 Å². The van der Waals surface area contributed by atoms with Gasteiger partial charge in [-0.25, -0.2) is 4.68 Å². The van der Waals surface area contributed by atoms with Crippen molar-refractivity contribution in [3.63, 3.8) is 0 Å². The highest BCUT2D eigenvalue weighted by molar-refractivity contribution is 7.99. The zero-order chi connectivity index (χ0) is 26.4. The Bertz CT molecular complexity index is 1510. The number of nitrogen functional groups attached to an aromatic ring is 1. The van der Waals surface area contributed by atoms with Crippen LogP contribution in [0.4, 0.5) is 16.0 Å². The number of nitrogens with two attached hydrogens (primary N) is 1. The maximum absolute atomic E-state index is 13.2. The monoisotopic (exact) mass is 540 g/mol. The third kappa shape index (κ3) is 5.63. The van der Waals surface area contributed by atoms with Crippen LogP contribution in [0.1, 0.15) is 16.1 Å². The van der Waals surface area contributed by atoms with Crippen molar-refractivity contribution in [2.75, 3.05) is 23.4 Å². The molecule has 4 aromatic rings. The van der Waals surface area contributed by atoms with Crippen LogP contribution in [0.5, 0.6) is 11.5 Å². The molecule has 0 aliphatic carbocycles. The van der Waals surface area contributed by atoms with E-state index in [4.69, 9.17) is 22.1 Å². The first-order valence-corrected chi connectivity index (χ1v) is 12.4. The second kappa shape index (κ2) is 11.7. The molecule has 0 atom stereocenters. The summed E-state index contributed by atoms with van der Waals surface area (Å²) in [5, 5.41) is 5.17. The summed E-state index contributed by atoms with van der Waals surface area (Å²) < 4.78 is 22.8. The van der Waals surface area contributed by atoms with Crippen LogP contribution >= 0.6 is 23.5 Å². The largest absolute Gasteiger partial charge is 0.471 e. The highest BCUT2D eigenvalue weighted by atomic mass is 35.5. The highest BCUT2D eigenvalue weighted by Crippen LogP contribution is 2.33. The average molecular weight is 541 g/mol. The molecule has 2 heterocycles. The minimum Gasteiger partial charge on any atom is -0.471 e. The number of hydrogen-bond donors (Lipinski definition) is 3. The zero-order valence-corrected chi connectivity index (χ0v) is 21.1. The number of rotatable bonds is 11. The summed E-state index contributed by atoms with van der Waals surface area (Å²) in [7, 11) is 0. The second-order valence-electron chi connectivity index (χ2n) is 7.53. The molecule has 2 aromatic heterocycles. The summed E-state index contributed by atoms with van der Waals surface area (Å²) in [6.07, 6.45) is 9.89. The van der Waals surface area contributed by atoms with Gasteiger partial charge in [0.15, 0.2) is 12.5 Å². The molecule has 0 amide bonds. The normalized spacial score (nSPS) is 11.4. The van der Waals surface area contributed by atoms with E-state index in [1.165, 1.54) is 28.9 Å². The Balaban J connectivity index is 1.55. The molecule has 0 saturated carbocycles. The van der Waals surface area contributed by atoms with Gasteiger partial charge >= 0.3 is 0 Å². The summed E-state index contributed by atoms with van der Waals surface area (Å²) in [6, 6.07) is 9.71. The maximum Gasteiger partial charge on any atom is 0.214 e. The van der Waals surface area contributed by atoms with Crippen molar-refractivity contribution in [1.29, 1.82) is 0 Å². The number of anilines is 2. The van der Waals surface area contributed by atoms with Gasteiger partial charge in [0.25, 0.3) is 0 Å². The fourth-order valence-electron chi connectivity index (χ4n) is 3.50. The quantitative estimate of drug-likeness (QED) is 0.0934. The molecule has 0 aliphatic heterocycles. The number of carbonyl (C=O) groups excluding carboxylic acids is 1. The number of fused-ring (bicyclic) bond motifs is 1. The number of carbonyl (C=O) groups is 1. The van der Waals surface area contributed by atoms with Gasteiger partial charge in [0.05, 0.1) is 33.9 Å². The summed E-state index contributed by atoms with van der Waals surface area (Å²) in [4.78, 5) is 24.3. The number of hydrogen-bond acceptors (Lipinski definition) is 8. The van der Waals surface area contributed by atoms with E-state index in [-0.39, 0.29) is 35.3 Å². The van der Waals surface area contributed by atoms with Crippen LogP contribution in [-0.2, 0) is 0 Å². The lowest BCUT2D eigenvalue weighted by atomic mass is 10.1. The average Bonchev–Trinajstić information content (AvgIpc) is 3.48. The van der Waals surface area contributed by atoms with E-state index < -0.39 is 0 Å². The molecule has 37 heavy (non-hydrogen) atoms. The number of H-pyrrole nitrogens is 1. The van der Waals surface area contributed by atoms with Crippen LogP contribution in [0.25, 0.3) is 16.6 Å². The van der Waals surface area contributed by atoms with E-state index in [0.717, 1.165) is 0 Å². The standard InChI is InChI=1S/C25H22ClFN6O3S/c1-3-4-5-8-29-14-35-16-6-7-22(18(26)11-16)33-25(28)17(13-30-33)24(34)21-9-15-10-23(36-27)20(32-37-2)12-19(15)31-21/h3-13,31-32H,1,14,28H2,2H3/b5-4-,29-8-. The van der Waals surface area contributed by atoms with Gasteiger partial charge in [0.1, 0.15) is 11.6 Å². The molecule has 9 nitrogen and oxygen atoms in total. The second-order valence-corrected chi connectivity index (χ2v) is 8.54. The SMILES string of the molecule is C=C/C=C\C=N/COc1ccc(-n2ncc(C(=O)c3cc4cc(OF)c(NSC)cc4[nH]3)c2N)c(Cl)c1. The predicted octanol–water partition coefficient (Wildman–Crippen LogP) is 5.92. The molecule has 12 heteroatoms. The fraction of sp³-hybridized carbons (Fsp3) is 0.0800. The maximum atomic E-state index is 13.2. The lowest BCUT2D eigenvalue weighted by molar-refractivity contribution is -0.00504. The number of nitrogens with one attached hydrogen (secondary N) is 2. The van der Waals surface area contributed by atoms with E-state index in [1.807, 2.05) is 0 Å². The Hall–Kier alpha value is -4.22. The summed E-state index contributed by atoms with van der Waals surface area (Å²) in [6.45, 7) is 3.69. The van der Waals surface area contributed by atoms with E-state index in [9.17, 15) is 9.32 Å². The number of benzene rings is 2. The van der Waals surface area contributed by atoms with Gasteiger partial charge in [-0.15, -0.1) is 0 Å². The Labute approximate surface area is 220 Å². The number of nitrogens with zero attached hydrogens (tertiary/aromatic N) is 3. The topological polar surface area (TPSA) is 120 Å². The van der Waals surface area contributed by atoms with Crippen molar-refractivity contribution in [2.24, 2.45) is 4.99 Å². The molecule has 2 aromatic carbocycles. The van der Waals surface area contributed by atoms with Crippen LogP contribution in [0.2, 0.25) is 5.02 Å². The summed E-state index contributed by atoms with van der Waals surface area (Å²) in [5.41, 5.74) is 8.23. The third-order valence-electron chi connectivity index (χ3n) is 5.20. The van der Waals surface area contributed by atoms with Crippen molar-refractivity contribution >= 4 is 58.0 Å². The molecule has 0 spiro atoms. The Morgan fingerprint density at radius 1 is 1.35 bits per heavy atom. The number of ketones is 1. The molecular formula is C25H22ClFN6O3S. The van der Waals surface area contributed by atoms with Gasteiger partial charge in [0.2, 0.25) is 5.78 Å². The van der Waals surface area contributed by atoms with Crippen molar-refractivity contribution in [3.05, 3.63) is 83.7 Å². The van der Waals surface area contributed by atoms with Crippen LogP contribution in [0, 0.1) is 0 Å². The van der Waals surface area contributed by atoms with E-state index in [1.54, 1.807) is 61.0 Å². The Morgan fingerprint density at radius 3 is 2.92 bits per heavy atom. The highest BCUT2D eigenvalue weighted by Gasteiger charge is 2.21. The van der Waals surface area contributed by atoms with E-state index >= 15 is 0 Å². The number of halogens is 2. The molecule has 4 rings (SSSR count). The Kier molecular flexibility index (Phi) is 8.16. The van der Waals surface area contributed by atoms with Gasteiger partial charge in [-0.05, 0) is 36.4 Å².